The summed E-state index contributed by atoms with van der Waals surface area (Å²) in [4.78, 5) is 11.4. The molecule has 0 bridgehead atoms. The average molecular weight is 260 g/mol. The van der Waals surface area contributed by atoms with Crippen molar-refractivity contribution in [1.29, 1.82) is 0 Å². The van der Waals surface area contributed by atoms with E-state index in [9.17, 15) is 4.79 Å². The number of carbonyl (C=O) groups excluding carboxylic acids is 1. The second kappa shape index (κ2) is 4.93. The zero-order valence-electron chi connectivity index (χ0n) is 11.7. The van der Waals surface area contributed by atoms with Crippen LogP contribution in [0.15, 0.2) is 54.6 Å². The summed E-state index contributed by atoms with van der Waals surface area (Å²) >= 11 is 0. The average Bonchev–Trinajstić information content (AvgIpc) is 2.46. The van der Waals surface area contributed by atoms with Gasteiger partial charge in [0.2, 0.25) is 0 Å². The maximum Gasteiger partial charge on any atom is 0.150 e. The van der Waals surface area contributed by atoms with Gasteiger partial charge in [-0.25, -0.2) is 0 Å². The Morgan fingerprint density at radius 2 is 1.50 bits per heavy atom. The number of hydrogen-bond acceptors (Lipinski definition) is 1. The van der Waals surface area contributed by atoms with Crippen LogP contribution in [-0.2, 0) is 0 Å². The minimum Gasteiger partial charge on any atom is -0.298 e. The van der Waals surface area contributed by atoms with Crippen molar-refractivity contribution in [3.8, 4) is 11.1 Å². The largest absolute Gasteiger partial charge is 0.298 e. The Balaban J connectivity index is 2.31. The summed E-state index contributed by atoms with van der Waals surface area (Å²) in [7, 11) is 0. The van der Waals surface area contributed by atoms with Crippen LogP contribution in [0.25, 0.3) is 21.9 Å². The predicted octanol–water partition coefficient (Wildman–Crippen LogP) is 4.94. The Morgan fingerprint density at radius 1 is 0.800 bits per heavy atom. The molecule has 0 fully saturated rings. The van der Waals surface area contributed by atoms with Crippen LogP contribution in [0, 0.1) is 13.8 Å². The van der Waals surface area contributed by atoms with Crippen LogP contribution >= 0.6 is 0 Å². The highest BCUT2D eigenvalue weighted by Crippen LogP contribution is 2.30. The van der Waals surface area contributed by atoms with E-state index in [2.05, 4.69) is 44.2 Å². The van der Waals surface area contributed by atoms with Gasteiger partial charge in [0.05, 0.1) is 0 Å². The zero-order chi connectivity index (χ0) is 14.1. The predicted molar refractivity (Wildman–Crippen MR) is 84.2 cm³/mol. The molecule has 0 aromatic heterocycles. The monoisotopic (exact) mass is 260 g/mol. The minimum atomic E-state index is 0.746. The summed E-state index contributed by atoms with van der Waals surface area (Å²) in [6, 6.07) is 18.5. The van der Waals surface area contributed by atoms with Crippen LogP contribution in [-0.4, -0.2) is 6.29 Å². The highest BCUT2D eigenvalue weighted by atomic mass is 16.1. The third-order valence-corrected chi connectivity index (χ3v) is 3.72. The van der Waals surface area contributed by atoms with Crippen LogP contribution in [0.3, 0.4) is 0 Å². The van der Waals surface area contributed by atoms with Gasteiger partial charge in [-0.3, -0.25) is 4.79 Å². The molecule has 0 radical (unpaired) electrons. The van der Waals surface area contributed by atoms with Gasteiger partial charge in [0.25, 0.3) is 0 Å². The van der Waals surface area contributed by atoms with Crippen molar-refractivity contribution in [3.63, 3.8) is 0 Å². The molecule has 3 aromatic carbocycles. The molecule has 0 spiro atoms. The van der Waals surface area contributed by atoms with E-state index in [1.165, 1.54) is 11.1 Å². The number of carbonyl (C=O) groups is 1. The van der Waals surface area contributed by atoms with Gasteiger partial charge < -0.3 is 0 Å². The fourth-order valence-corrected chi connectivity index (χ4v) is 2.70. The van der Waals surface area contributed by atoms with E-state index < -0.39 is 0 Å². The molecule has 0 aliphatic rings. The number of aldehydes is 1. The molecule has 0 amide bonds. The van der Waals surface area contributed by atoms with E-state index in [1.807, 2.05) is 24.3 Å². The van der Waals surface area contributed by atoms with Gasteiger partial charge in [0.1, 0.15) is 0 Å². The Bertz CT molecular complexity index is 800. The number of aryl methyl sites for hydroxylation is 2. The number of benzene rings is 3. The number of hydrogen-bond donors (Lipinski definition) is 0. The van der Waals surface area contributed by atoms with E-state index in [4.69, 9.17) is 0 Å². The third kappa shape index (κ3) is 2.12. The summed E-state index contributed by atoms with van der Waals surface area (Å²) in [5, 5.41) is 2.26. The lowest BCUT2D eigenvalue weighted by Gasteiger charge is -2.11. The first-order chi connectivity index (χ1) is 9.69. The number of fused-ring (bicyclic) bond motifs is 1. The Morgan fingerprint density at radius 3 is 2.15 bits per heavy atom. The smallest absolute Gasteiger partial charge is 0.150 e. The van der Waals surface area contributed by atoms with Gasteiger partial charge in [-0.15, -0.1) is 0 Å². The lowest BCUT2D eigenvalue weighted by molar-refractivity contribution is 0.112. The molecule has 0 aliphatic carbocycles. The molecule has 3 rings (SSSR count). The van der Waals surface area contributed by atoms with Crippen LogP contribution in [0.2, 0.25) is 0 Å². The Kier molecular flexibility index (Phi) is 3.11. The van der Waals surface area contributed by atoms with Crippen molar-refractivity contribution in [3.05, 3.63) is 71.3 Å². The first kappa shape index (κ1) is 12.6. The quantitative estimate of drug-likeness (QED) is 0.597. The fraction of sp³-hybridized carbons (Fsp3) is 0.105. The topological polar surface area (TPSA) is 17.1 Å². The summed E-state index contributed by atoms with van der Waals surface area (Å²) < 4.78 is 0. The molecule has 1 heteroatoms. The van der Waals surface area contributed by atoms with Crippen LogP contribution in [0.1, 0.15) is 21.5 Å². The summed E-state index contributed by atoms with van der Waals surface area (Å²) in [6.07, 6.45) is 0.946. The molecular formula is C19H16O. The number of rotatable bonds is 2. The van der Waals surface area contributed by atoms with Gasteiger partial charge in [0, 0.05) is 5.56 Å². The molecule has 0 unspecified atom stereocenters. The molecule has 98 valence electrons. The maximum atomic E-state index is 11.4. The third-order valence-electron chi connectivity index (χ3n) is 3.72. The van der Waals surface area contributed by atoms with E-state index in [0.29, 0.717) is 0 Å². The molecule has 0 heterocycles. The first-order valence-corrected chi connectivity index (χ1v) is 6.74. The maximum absolute atomic E-state index is 11.4. The standard InChI is InChI=1S/C19H16O/c1-13-7-8-18(14(2)9-13)19-11-16-6-4-3-5-15(16)10-17(19)12-20/h3-12H,1-2H3. The molecule has 3 aromatic rings. The van der Waals surface area contributed by atoms with E-state index in [1.54, 1.807) is 0 Å². The van der Waals surface area contributed by atoms with Crippen LogP contribution < -0.4 is 0 Å². The second-order valence-electron chi connectivity index (χ2n) is 5.22. The van der Waals surface area contributed by atoms with E-state index >= 15 is 0 Å². The molecular weight excluding hydrogens is 244 g/mol. The van der Waals surface area contributed by atoms with Crippen molar-refractivity contribution in [2.75, 3.05) is 0 Å². The zero-order valence-corrected chi connectivity index (χ0v) is 11.7. The second-order valence-corrected chi connectivity index (χ2v) is 5.22. The fourth-order valence-electron chi connectivity index (χ4n) is 2.70. The Hall–Kier alpha value is -2.41. The van der Waals surface area contributed by atoms with Gasteiger partial charge in [-0.05, 0) is 53.4 Å². The molecule has 0 aliphatic heterocycles. The van der Waals surface area contributed by atoms with Gasteiger partial charge in [0.15, 0.2) is 6.29 Å². The molecule has 0 saturated heterocycles. The molecule has 0 atom stereocenters. The molecule has 0 N–H and O–H groups in total. The summed E-state index contributed by atoms with van der Waals surface area (Å²) in [5.74, 6) is 0. The van der Waals surface area contributed by atoms with Crippen molar-refractivity contribution >= 4 is 17.1 Å². The molecule has 1 nitrogen and oxygen atoms in total. The minimum absolute atomic E-state index is 0.746. The van der Waals surface area contributed by atoms with Crippen molar-refractivity contribution in [2.24, 2.45) is 0 Å². The lowest BCUT2D eigenvalue weighted by atomic mass is 9.93. The van der Waals surface area contributed by atoms with Gasteiger partial charge in [-0.2, -0.15) is 0 Å². The van der Waals surface area contributed by atoms with Gasteiger partial charge >= 0.3 is 0 Å². The van der Waals surface area contributed by atoms with Gasteiger partial charge in [-0.1, -0.05) is 48.0 Å². The van der Waals surface area contributed by atoms with Crippen molar-refractivity contribution < 1.29 is 4.79 Å². The SMILES string of the molecule is Cc1ccc(-c2cc3ccccc3cc2C=O)c(C)c1. The van der Waals surface area contributed by atoms with Crippen molar-refractivity contribution in [1.82, 2.24) is 0 Å². The highest BCUT2D eigenvalue weighted by molar-refractivity contribution is 5.97. The highest BCUT2D eigenvalue weighted by Gasteiger charge is 2.09. The summed E-state index contributed by atoms with van der Waals surface area (Å²) in [5.41, 5.74) is 5.32. The van der Waals surface area contributed by atoms with E-state index in [0.717, 1.165) is 33.7 Å². The van der Waals surface area contributed by atoms with Crippen LogP contribution in [0.4, 0.5) is 0 Å². The Labute approximate surface area is 118 Å². The summed E-state index contributed by atoms with van der Waals surface area (Å²) in [6.45, 7) is 4.17. The molecule has 20 heavy (non-hydrogen) atoms. The van der Waals surface area contributed by atoms with Crippen molar-refractivity contribution in [2.45, 2.75) is 13.8 Å². The van der Waals surface area contributed by atoms with Crippen LogP contribution in [0.5, 0.6) is 0 Å². The first-order valence-electron chi connectivity index (χ1n) is 6.74. The normalized spacial score (nSPS) is 10.7. The lowest BCUT2D eigenvalue weighted by Crippen LogP contribution is -1.91. The van der Waals surface area contributed by atoms with E-state index in [-0.39, 0.29) is 0 Å². The molecule has 0 saturated carbocycles.